The summed E-state index contributed by atoms with van der Waals surface area (Å²) in [6.45, 7) is 2.61. The Morgan fingerprint density at radius 3 is 2.74 bits per heavy atom. The lowest BCUT2D eigenvalue weighted by Crippen LogP contribution is -2.42. The molecule has 2 heterocycles. The normalized spacial score (nSPS) is 18.9. The molecule has 1 aliphatic rings. The molecule has 0 amide bonds. The lowest BCUT2D eigenvalue weighted by atomic mass is 9.79. The molecule has 204 valence electrons. The van der Waals surface area contributed by atoms with E-state index in [1.165, 1.54) is 0 Å². The number of carboxylic acid groups (broad SMARTS) is 1. The molecule has 3 aromatic rings. The molecule has 1 aromatic heterocycles. The van der Waals surface area contributed by atoms with Gasteiger partial charge < -0.3 is 19.8 Å². The summed E-state index contributed by atoms with van der Waals surface area (Å²) in [5.41, 5.74) is 1.65. The number of aliphatic carboxylic acids is 1. The lowest BCUT2D eigenvalue weighted by molar-refractivity contribution is -0.139. The van der Waals surface area contributed by atoms with Crippen LogP contribution in [0.1, 0.15) is 43.8 Å². The highest BCUT2D eigenvalue weighted by atomic mass is 35.5. The fourth-order valence-electron chi connectivity index (χ4n) is 5.37. The van der Waals surface area contributed by atoms with Gasteiger partial charge in [-0.3, -0.25) is 9.78 Å². The third-order valence-corrected chi connectivity index (χ3v) is 9.42. The number of pyridine rings is 1. The number of fused-ring (bicyclic) bond motifs is 1. The van der Waals surface area contributed by atoms with Crippen molar-refractivity contribution in [3.8, 4) is 5.75 Å². The van der Waals surface area contributed by atoms with E-state index in [1.54, 1.807) is 25.1 Å². The maximum Gasteiger partial charge on any atom is 0.303 e. The van der Waals surface area contributed by atoms with Gasteiger partial charge in [0.2, 0.25) is 0 Å². The highest BCUT2D eigenvalue weighted by Crippen LogP contribution is 2.36. The fourth-order valence-corrected chi connectivity index (χ4v) is 6.98. The van der Waals surface area contributed by atoms with Gasteiger partial charge in [-0.2, -0.15) is 0 Å². The molecule has 9 heteroatoms. The molecule has 38 heavy (non-hydrogen) atoms. The Balaban J connectivity index is 1.31. The summed E-state index contributed by atoms with van der Waals surface area (Å²) in [7, 11) is 1.62. The molecule has 2 N–H and O–H groups in total. The molecule has 0 aliphatic carbocycles. The van der Waals surface area contributed by atoms with Crippen molar-refractivity contribution in [2.45, 2.75) is 43.1 Å². The van der Waals surface area contributed by atoms with Crippen molar-refractivity contribution < 1.29 is 19.7 Å². The number of aliphatic hydroxyl groups is 1. The van der Waals surface area contributed by atoms with E-state index >= 15 is 0 Å². The molecule has 2 aromatic carbocycles. The fraction of sp³-hybridized carbons (Fsp3) is 0.448. The van der Waals surface area contributed by atoms with E-state index in [2.05, 4.69) is 9.88 Å². The molecule has 6 nitrogen and oxygen atoms in total. The van der Waals surface area contributed by atoms with E-state index in [9.17, 15) is 15.0 Å². The summed E-state index contributed by atoms with van der Waals surface area (Å²) < 4.78 is 5.36. The number of piperidine rings is 1. The number of rotatable bonds is 12. The van der Waals surface area contributed by atoms with Gasteiger partial charge in [0.25, 0.3) is 0 Å². The number of methoxy groups -OCH3 is 1. The minimum Gasteiger partial charge on any atom is -0.497 e. The van der Waals surface area contributed by atoms with E-state index in [4.69, 9.17) is 27.9 Å². The molecule has 0 spiro atoms. The Bertz CT molecular complexity index is 1220. The SMILES string of the molecule is COc1ccc2nccc([C@@H](O)CC[C@@H]3CCN(CCCSc4c(Cl)cccc4Cl)C[C@@H]3CC(=O)O)c2c1. The van der Waals surface area contributed by atoms with Gasteiger partial charge in [0.1, 0.15) is 5.75 Å². The van der Waals surface area contributed by atoms with Gasteiger partial charge in [0.15, 0.2) is 0 Å². The second-order valence-corrected chi connectivity index (χ2v) is 11.8. The van der Waals surface area contributed by atoms with Crippen LogP contribution in [0.2, 0.25) is 10.0 Å². The minimum absolute atomic E-state index is 0.0633. The summed E-state index contributed by atoms with van der Waals surface area (Å²) in [5.74, 6) is 1.17. The van der Waals surface area contributed by atoms with E-state index in [0.29, 0.717) is 16.5 Å². The number of carbonyl (C=O) groups is 1. The first kappa shape index (κ1) is 29.0. The zero-order valence-corrected chi connectivity index (χ0v) is 23.8. The van der Waals surface area contributed by atoms with Gasteiger partial charge in [0.05, 0.1) is 28.8 Å². The quantitative estimate of drug-likeness (QED) is 0.178. The second kappa shape index (κ2) is 13.9. The van der Waals surface area contributed by atoms with Crippen LogP contribution in [0.3, 0.4) is 0 Å². The van der Waals surface area contributed by atoms with Crippen molar-refractivity contribution in [2.75, 3.05) is 32.5 Å². The number of hydrogen-bond acceptors (Lipinski definition) is 6. The number of ether oxygens (including phenoxy) is 1. The van der Waals surface area contributed by atoms with Gasteiger partial charge in [0, 0.05) is 29.4 Å². The first-order valence-corrected chi connectivity index (χ1v) is 14.7. The predicted octanol–water partition coefficient (Wildman–Crippen LogP) is 6.96. The average Bonchev–Trinajstić information content (AvgIpc) is 2.90. The van der Waals surface area contributed by atoms with E-state index < -0.39 is 12.1 Å². The van der Waals surface area contributed by atoms with Gasteiger partial charge in [-0.05, 0) is 98.3 Å². The van der Waals surface area contributed by atoms with Crippen LogP contribution in [0, 0.1) is 11.8 Å². The van der Waals surface area contributed by atoms with E-state index in [0.717, 1.165) is 71.8 Å². The maximum atomic E-state index is 11.7. The molecule has 0 saturated carbocycles. The number of likely N-dealkylation sites (tertiary alicyclic amines) is 1. The zero-order chi connectivity index (χ0) is 27.1. The third-order valence-electron chi connectivity index (χ3n) is 7.35. The largest absolute Gasteiger partial charge is 0.497 e. The van der Waals surface area contributed by atoms with E-state index in [-0.39, 0.29) is 18.3 Å². The van der Waals surface area contributed by atoms with Crippen molar-refractivity contribution in [3.05, 3.63) is 64.3 Å². The number of aromatic nitrogens is 1. The first-order chi connectivity index (χ1) is 18.4. The first-order valence-electron chi connectivity index (χ1n) is 13.0. The Hall–Kier alpha value is -2.03. The summed E-state index contributed by atoms with van der Waals surface area (Å²) in [4.78, 5) is 19.3. The van der Waals surface area contributed by atoms with E-state index in [1.807, 2.05) is 42.5 Å². The van der Waals surface area contributed by atoms with Crippen LogP contribution in [0.5, 0.6) is 5.75 Å². The number of benzene rings is 2. The molecule has 0 bridgehead atoms. The molecule has 1 fully saturated rings. The molecule has 3 atom stereocenters. The monoisotopic (exact) mass is 576 g/mol. The smallest absolute Gasteiger partial charge is 0.303 e. The number of aliphatic hydroxyl groups excluding tert-OH is 1. The average molecular weight is 578 g/mol. The van der Waals surface area contributed by atoms with Gasteiger partial charge in [-0.25, -0.2) is 0 Å². The topological polar surface area (TPSA) is 82.9 Å². The van der Waals surface area contributed by atoms with Crippen LogP contribution >= 0.6 is 35.0 Å². The highest BCUT2D eigenvalue weighted by Gasteiger charge is 2.31. The lowest BCUT2D eigenvalue weighted by Gasteiger charge is -2.38. The Morgan fingerprint density at radius 1 is 1.21 bits per heavy atom. The van der Waals surface area contributed by atoms with Crippen LogP contribution in [-0.2, 0) is 4.79 Å². The summed E-state index contributed by atoms with van der Waals surface area (Å²) in [6.07, 6.45) is 4.47. The molecule has 0 unspecified atom stereocenters. The number of carboxylic acids is 1. The molecular weight excluding hydrogens is 543 g/mol. The van der Waals surface area contributed by atoms with Crippen LogP contribution in [0.4, 0.5) is 0 Å². The molecule has 0 radical (unpaired) electrons. The van der Waals surface area contributed by atoms with Crippen molar-refractivity contribution in [1.29, 1.82) is 0 Å². The summed E-state index contributed by atoms with van der Waals surface area (Å²) in [5, 5.41) is 22.9. The van der Waals surface area contributed by atoms with Gasteiger partial charge in [-0.1, -0.05) is 29.3 Å². The van der Waals surface area contributed by atoms with Crippen LogP contribution in [-0.4, -0.2) is 58.6 Å². The second-order valence-electron chi connectivity index (χ2n) is 9.84. The number of nitrogens with zero attached hydrogens (tertiary/aromatic N) is 2. The summed E-state index contributed by atoms with van der Waals surface area (Å²) in [6, 6.07) is 13.1. The standard InChI is InChI=1S/C29H34Cl2N2O4S/c1-37-21-7-8-26-23(17-21)22(10-12-32-26)27(34)9-6-19-11-14-33(18-20(19)16-28(35)36)13-3-15-38-29-24(30)4-2-5-25(29)31/h2,4-5,7-8,10,12,17,19-20,27,34H,3,6,9,11,13-16,18H2,1H3,(H,35,36)/t19-,20+,27+/m1/s1. The highest BCUT2D eigenvalue weighted by molar-refractivity contribution is 7.99. The minimum atomic E-state index is -0.765. The number of thioether (sulfide) groups is 1. The Kier molecular flexibility index (Phi) is 10.6. The van der Waals surface area contributed by atoms with Gasteiger partial charge >= 0.3 is 5.97 Å². The van der Waals surface area contributed by atoms with Crippen molar-refractivity contribution in [2.24, 2.45) is 11.8 Å². The Labute approximate surface area is 238 Å². The van der Waals surface area contributed by atoms with Crippen molar-refractivity contribution in [1.82, 2.24) is 9.88 Å². The Morgan fingerprint density at radius 2 is 2.00 bits per heavy atom. The molecule has 1 saturated heterocycles. The predicted molar refractivity (Wildman–Crippen MR) is 155 cm³/mol. The van der Waals surface area contributed by atoms with Crippen LogP contribution < -0.4 is 4.74 Å². The number of hydrogen-bond donors (Lipinski definition) is 2. The zero-order valence-electron chi connectivity index (χ0n) is 21.5. The van der Waals surface area contributed by atoms with Crippen molar-refractivity contribution in [3.63, 3.8) is 0 Å². The van der Waals surface area contributed by atoms with Crippen LogP contribution in [0.15, 0.2) is 53.6 Å². The number of halogens is 2. The van der Waals surface area contributed by atoms with Gasteiger partial charge in [-0.15, -0.1) is 11.8 Å². The molecule has 1 aliphatic heterocycles. The maximum absolute atomic E-state index is 11.7. The molecule has 4 rings (SSSR count). The van der Waals surface area contributed by atoms with Crippen LogP contribution in [0.25, 0.3) is 10.9 Å². The molecular formula is C29H34Cl2N2O4S. The summed E-state index contributed by atoms with van der Waals surface area (Å²) >= 11 is 14.2. The third kappa shape index (κ3) is 7.54. The van der Waals surface area contributed by atoms with Crippen molar-refractivity contribution >= 4 is 51.8 Å².